The lowest BCUT2D eigenvalue weighted by Gasteiger charge is -2.12. The van der Waals surface area contributed by atoms with E-state index >= 15 is 0 Å². The number of carbonyl (C=O) groups excluding carboxylic acids is 2. The molecule has 0 aromatic heterocycles. The molecule has 0 saturated carbocycles. The third kappa shape index (κ3) is 5.21. The number of ether oxygens (including phenoxy) is 2. The van der Waals surface area contributed by atoms with Crippen LogP contribution in [0.5, 0.6) is 5.75 Å². The van der Waals surface area contributed by atoms with Crippen LogP contribution in [-0.2, 0) is 16.0 Å². The Morgan fingerprint density at radius 3 is 2.60 bits per heavy atom. The van der Waals surface area contributed by atoms with Crippen molar-refractivity contribution >= 4 is 17.6 Å². The van der Waals surface area contributed by atoms with E-state index in [0.717, 1.165) is 5.56 Å². The zero-order valence-corrected chi connectivity index (χ0v) is 14.2. The summed E-state index contributed by atoms with van der Waals surface area (Å²) in [6.45, 7) is 5.55. The highest BCUT2D eigenvalue weighted by molar-refractivity contribution is 6.01. The van der Waals surface area contributed by atoms with Crippen molar-refractivity contribution < 1.29 is 19.1 Å². The molecule has 0 spiro atoms. The lowest BCUT2D eigenvalue weighted by molar-refractivity contribution is -0.118. The fourth-order valence-corrected chi connectivity index (χ4v) is 2.28. The molecule has 0 fully saturated rings. The molecule has 25 heavy (non-hydrogen) atoms. The van der Waals surface area contributed by atoms with Gasteiger partial charge in [0.15, 0.2) is 6.61 Å². The van der Waals surface area contributed by atoms with Crippen LogP contribution in [-0.4, -0.2) is 25.1 Å². The third-order valence-electron chi connectivity index (χ3n) is 3.39. The van der Waals surface area contributed by atoms with Crippen LogP contribution in [0.3, 0.4) is 0 Å². The lowest BCUT2D eigenvalue weighted by atomic mass is 10.1. The Labute approximate surface area is 147 Å². The molecule has 0 aliphatic heterocycles. The summed E-state index contributed by atoms with van der Waals surface area (Å²) in [7, 11) is 0. The predicted molar refractivity (Wildman–Crippen MR) is 96.9 cm³/mol. The first-order valence-corrected chi connectivity index (χ1v) is 8.03. The van der Waals surface area contributed by atoms with Crippen molar-refractivity contribution in [2.24, 2.45) is 0 Å². The van der Waals surface area contributed by atoms with Crippen LogP contribution in [0.4, 0.5) is 5.69 Å². The summed E-state index contributed by atoms with van der Waals surface area (Å²) < 4.78 is 10.6. The van der Waals surface area contributed by atoms with E-state index in [1.165, 1.54) is 0 Å². The van der Waals surface area contributed by atoms with Crippen LogP contribution in [0.1, 0.15) is 22.8 Å². The second-order valence-electron chi connectivity index (χ2n) is 5.20. The number of benzene rings is 2. The van der Waals surface area contributed by atoms with E-state index < -0.39 is 5.97 Å². The smallest absolute Gasteiger partial charge is 0.340 e. The summed E-state index contributed by atoms with van der Waals surface area (Å²) in [5, 5.41) is 2.69. The van der Waals surface area contributed by atoms with Crippen molar-refractivity contribution in [1.82, 2.24) is 0 Å². The van der Waals surface area contributed by atoms with Gasteiger partial charge in [-0.2, -0.15) is 0 Å². The molecule has 2 rings (SSSR count). The Kier molecular flexibility index (Phi) is 6.77. The molecule has 5 nitrogen and oxygen atoms in total. The van der Waals surface area contributed by atoms with Gasteiger partial charge in [0.1, 0.15) is 5.75 Å². The topological polar surface area (TPSA) is 64.6 Å². The molecule has 1 N–H and O–H groups in total. The average molecular weight is 339 g/mol. The van der Waals surface area contributed by atoms with Crippen molar-refractivity contribution in [2.75, 3.05) is 18.5 Å². The van der Waals surface area contributed by atoms with Crippen LogP contribution in [0.15, 0.2) is 61.2 Å². The molecule has 0 bridgehead atoms. The highest BCUT2D eigenvalue weighted by atomic mass is 16.5. The standard InChI is InChI=1S/C20H21NO4/c1-3-9-15-10-5-8-13-18(15)25-14-19(22)21-17-12-7-6-11-16(17)20(23)24-4-2/h3,5-8,10-13H,1,4,9,14H2,2H3,(H,21,22). The minimum atomic E-state index is -0.476. The van der Waals surface area contributed by atoms with Gasteiger partial charge in [0.25, 0.3) is 5.91 Å². The summed E-state index contributed by atoms with van der Waals surface area (Å²) in [6.07, 6.45) is 2.43. The second kappa shape index (κ2) is 9.27. The molecular weight excluding hydrogens is 318 g/mol. The SMILES string of the molecule is C=CCc1ccccc1OCC(=O)Nc1ccccc1C(=O)OCC. The number of esters is 1. The van der Waals surface area contributed by atoms with Gasteiger partial charge in [-0.25, -0.2) is 4.79 Å². The molecular formula is C20H21NO4. The molecule has 0 aliphatic rings. The van der Waals surface area contributed by atoms with Gasteiger partial charge in [-0.3, -0.25) is 4.79 Å². The van der Waals surface area contributed by atoms with Crippen LogP contribution < -0.4 is 10.1 Å². The average Bonchev–Trinajstić information content (AvgIpc) is 2.62. The van der Waals surface area contributed by atoms with Gasteiger partial charge in [-0.05, 0) is 37.1 Å². The van der Waals surface area contributed by atoms with E-state index in [2.05, 4.69) is 11.9 Å². The summed E-state index contributed by atoms with van der Waals surface area (Å²) in [5.41, 5.74) is 1.66. The van der Waals surface area contributed by atoms with E-state index in [9.17, 15) is 9.59 Å². The van der Waals surface area contributed by atoms with Gasteiger partial charge in [0, 0.05) is 0 Å². The number of hydrogen-bond donors (Lipinski definition) is 1. The number of amides is 1. The lowest BCUT2D eigenvalue weighted by Crippen LogP contribution is -2.22. The summed E-state index contributed by atoms with van der Waals surface area (Å²) in [6, 6.07) is 14.2. The van der Waals surface area contributed by atoms with Gasteiger partial charge >= 0.3 is 5.97 Å². The van der Waals surface area contributed by atoms with Crippen LogP contribution >= 0.6 is 0 Å². The number of rotatable bonds is 8. The maximum Gasteiger partial charge on any atom is 0.340 e. The number of hydrogen-bond acceptors (Lipinski definition) is 4. The fraction of sp³-hybridized carbons (Fsp3) is 0.200. The zero-order chi connectivity index (χ0) is 18.1. The minimum absolute atomic E-state index is 0.161. The number of allylic oxidation sites excluding steroid dienone is 1. The number of carbonyl (C=O) groups is 2. The highest BCUT2D eigenvalue weighted by Gasteiger charge is 2.14. The number of para-hydroxylation sites is 2. The van der Waals surface area contributed by atoms with Crippen LogP contribution in [0.2, 0.25) is 0 Å². The second-order valence-corrected chi connectivity index (χ2v) is 5.20. The fourth-order valence-electron chi connectivity index (χ4n) is 2.28. The van der Waals surface area contributed by atoms with Gasteiger partial charge in [0.2, 0.25) is 0 Å². The molecule has 0 saturated heterocycles. The number of anilines is 1. The Balaban J connectivity index is 2.02. The third-order valence-corrected chi connectivity index (χ3v) is 3.39. The quantitative estimate of drug-likeness (QED) is 0.589. The van der Waals surface area contributed by atoms with Gasteiger partial charge < -0.3 is 14.8 Å². The summed E-state index contributed by atoms with van der Waals surface area (Å²) in [5.74, 6) is -0.197. The molecule has 5 heteroatoms. The molecule has 1 amide bonds. The Hall–Kier alpha value is -3.08. The van der Waals surface area contributed by atoms with Crippen molar-refractivity contribution in [3.63, 3.8) is 0 Å². The molecule has 2 aromatic carbocycles. The maximum atomic E-state index is 12.2. The van der Waals surface area contributed by atoms with E-state index in [1.54, 1.807) is 43.3 Å². The Morgan fingerprint density at radius 2 is 1.84 bits per heavy atom. The van der Waals surface area contributed by atoms with Crippen LogP contribution in [0.25, 0.3) is 0 Å². The molecule has 2 aromatic rings. The summed E-state index contributed by atoms with van der Waals surface area (Å²) in [4.78, 5) is 24.1. The van der Waals surface area contributed by atoms with Crippen molar-refractivity contribution in [3.8, 4) is 5.75 Å². The molecule has 0 radical (unpaired) electrons. The van der Waals surface area contributed by atoms with E-state index in [-0.39, 0.29) is 19.1 Å². The molecule has 0 heterocycles. The first kappa shape index (κ1) is 18.3. The van der Waals surface area contributed by atoms with E-state index in [1.807, 2.05) is 18.2 Å². The van der Waals surface area contributed by atoms with Gasteiger partial charge in [0.05, 0.1) is 17.9 Å². The van der Waals surface area contributed by atoms with Crippen molar-refractivity contribution in [2.45, 2.75) is 13.3 Å². The van der Waals surface area contributed by atoms with Gasteiger partial charge in [-0.1, -0.05) is 36.4 Å². The molecule has 0 aliphatic carbocycles. The summed E-state index contributed by atoms with van der Waals surface area (Å²) >= 11 is 0. The van der Waals surface area contributed by atoms with E-state index in [4.69, 9.17) is 9.47 Å². The monoisotopic (exact) mass is 339 g/mol. The van der Waals surface area contributed by atoms with Crippen molar-refractivity contribution in [1.29, 1.82) is 0 Å². The largest absolute Gasteiger partial charge is 0.483 e. The zero-order valence-electron chi connectivity index (χ0n) is 14.2. The Bertz CT molecular complexity index is 755. The minimum Gasteiger partial charge on any atom is -0.483 e. The van der Waals surface area contributed by atoms with Gasteiger partial charge in [-0.15, -0.1) is 6.58 Å². The highest BCUT2D eigenvalue weighted by Crippen LogP contribution is 2.19. The molecule has 130 valence electrons. The maximum absolute atomic E-state index is 12.2. The first-order chi connectivity index (χ1) is 12.2. The molecule has 0 atom stereocenters. The van der Waals surface area contributed by atoms with E-state index in [0.29, 0.717) is 23.4 Å². The predicted octanol–water partition coefficient (Wildman–Crippen LogP) is 3.61. The molecule has 0 unspecified atom stereocenters. The first-order valence-electron chi connectivity index (χ1n) is 8.03. The normalized spacial score (nSPS) is 9.96. The van der Waals surface area contributed by atoms with Crippen molar-refractivity contribution in [3.05, 3.63) is 72.3 Å². The van der Waals surface area contributed by atoms with Crippen LogP contribution in [0, 0.1) is 0 Å². The Morgan fingerprint density at radius 1 is 1.12 bits per heavy atom. The number of nitrogens with one attached hydrogen (secondary N) is 1.